The van der Waals surface area contributed by atoms with Gasteiger partial charge in [-0.2, -0.15) is 0 Å². The molecular weight excluding hydrogens is 378 g/mol. The lowest BCUT2D eigenvalue weighted by Crippen LogP contribution is -2.22. The fourth-order valence-electron chi connectivity index (χ4n) is 3.25. The molecule has 0 unspecified atom stereocenters. The summed E-state index contributed by atoms with van der Waals surface area (Å²) in [6.45, 7) is 0. The smallest absolute Gasteiger partial charge is 0.198 e. The summed E-state index contributed by atoms with van der Waals surface area (Å²) in [6.07, 6.45) is 1.12. The Kier molecular flexibility index (Phi) is 4.05. The zero-order valence-corrected chi connectivity index (χ0v) is 15.6. The van der Waals surface area contributed by atoms with Gasteiger partial charge in [-0.05, 0) is 36.4 Å². The van der Waals surface area contributed by atoms with Crippen LogP contribution in [0.5, 0.6) is 5.75 Å². The van der Waals surface area contributed by atoms with Crippen LogP contribution in [0.15, 0.2) is 65.6 Å². The van der Waals surface area contributed by atoms with Crippen LogP contribution in [0.3, 0.4) is 0 Å². The molecule has 28 heavy (non-hydrogen) atoms. The molecule has 0 heterocycles. The molecule has 1 aliphatic rings. The first-order valence-electron chi connectivity index (χ1n) is 8.39. The number of phenols is 1. The number of anilines is 2. The predicted octanol–water partition coefficient (Wildman–Crippen LogP) is 3.31. The van der Waals surface area contributed by atoms with Gasteiger partial charge < -0.3 is 10.4 Å². The van der Waals surface area contributed by atoms with Gasteiger partial charge in [0.05, 0.1) is 21.7 Å². The molecule has 0 spiro atoms. The Morgan fingerprint density at radius 2 is 1.36 bits per heavy atom. The van der Waals surface area contributed by atoms with Gasteiger partial charge in [0.15, 0.2) is 21.4 Å². The van der Waals surface area contributed by atoms with Crippen LogP contribution < -0.4 is 5.32 Å². The quantitative estimate of drug-likeness (QED) is 0.518. The topological polar surface area (TPSA) is 101 Å². The Morgan fingerprint density at radius 3 is 1.93 bits per heavy atom. The summed E-state index contributed by atoms with van der Waals surface area (Å²) < 4.78 is 23.2. The molecule has 0 bridgehead atoms. The fraction of sp³-hybridized carbons (Fsp3) is 0.0476. The van der Waals surface area contributed by atoms with Crippen LogP contribution in [0, 0.1) is 0 Å². The van der Waals surface area contributed by atoms with E-state index in [4.69, 9.17) is 0 Å². The van der Waals surface area contributed by atoms with Crippen LogP contribution in [0.2, 0.25) is 0 Å². The van der Waals surface area contributed by atoms with Crippen LogP contribution in [0.1, 0.15) is 31.8 Å². The minimum atomic E-state index is -3.32. The molecular formula is C21H15NO5S. The molecule has 1 aliphatic carbocycles. The first-order valence-corrected chi connectivity index (χ1v) is 10.3. The molecule has 140 valence electrons. The number of hydrogen-bond donors (Lipinski definition) is 2. The molecule has 3 aromatic carbocycles. The van der Waals surface area contributed by atoms with Crippen LogP contribution in [0.4, 0.5) is 11.4 Å². The van der Waals surface area contributed by atoms with Crippen molar-refractivity contribution in [1.82, 2.24) is 0 Å². The molecule has 6 nitrogen and oxygen atoms in total. The summed E-state index contributed by atoms with van der Waals surface area (Å²) in [5.74, 6) is -1.05. The van der Waals surface area contributed by atoms with E-state index in [1.54, 1.807) is 36.4 Å². The van der Waals surface area contributed by atoms with E-state index in [-0.39, 0.29) is 38.7 Å². The Morgan fingerprint density at radius 1 is 0.786 bits per heavy atom. The summed E-state index contributed by atoms with van der Waals surface area (Å²) >= 11 is 0. The van der Waals surface area contributed by atoms with Crippen molar-refractivity contribution >= 4 is 32.8 Å². The molecule has 3 aromatic rings. The van der Waals surface area contributed by atoms with Crippen molar-refractivity contribution in [2.45, 2.75) is 4.90 Å². The van der Waals surface area contributed by atoms with Crippen LogP contribution in [-0.4, -0.2) is 31.3 Å². The van der Waals surface area contributed by atoms with Crippen molar-refractivity contribution in [3.63, 3.8) is 0 Å². The number of sulfone groups is 1. The lowest BCUT2D eigenvalue weighted by Gasteiger charge is -2.21. The first kappa shape index (κ1) is 17.9. The second-order valence-electron chi connectivity index (χ2n) is 6.51. The molecule has 7 heteroatoms. The van der Waals surface area contributed by atoms with Crippen LogP contribution in [0.25, 0.3) is 0 Å². The second kappa shape index (κ2) is 6.31. The van der Waals surface area contributed by atoms with Crippen molar-refractivity contribution < 1.29 is 23.1 Å². The van der Waals surface area contributed by atoms with E-state index in [1.165, 1.54) is 24.3 Å². The Hall–Kier alpha value is -3.45. The maximum absolute atomic E-state index is 13.0. The molecule has 0 saturated carbocycles. The molecule has 2 N–H and O–H groups in total. The average Bonchev–Trinajstić information content (AvgIpc) is 2.67. The van der Waals surface area contributed by atoms with E-state index in [0.717, 1.165) is 6.26 Å². The van der Waals surface area contributed by atoms with Crippen molar-refractivity contribution in [2.75, 3.05) is 11.6 Å². The van der Waals surface area contributed by atoms with Crippen molar-refractivity contribution in [3.8, 4) is 5.75 Å². The molecule has 0 aromatic heterocycles. The largest absolute Gasteiger partial charge is 0.507 e. The maximum atomic E-state index is 13.0. The molecule has 0 aliphatic heterocycles. The van der Waals surface area contributed by atoms with Gasteiger partial charge in [0.2, 0.25) is 0 Å². The molecule has 0 radical (unpaired) electrons. The molecule has 0 fully saturated rings. The predicted molar refractivity (Wildman–Crippen MR) is 104 cm³/mol. The normalized spacial score (nSPS) is 13.0. The summed E-state index contributed by atoms with van der Waals surface area (Å²) in [4.78, 5) is 26.0. The van der Waals surface area contributed by atoms with Gasteiger partial charge in [-0.15, -0.1) is 0 Å². The molecule has 0 amide bonds. The number of fused-ring (bicyclic) bond motifs is 2. The third-order valence-corrected chi connectivity index (χ3v) is 5.74. The standard InChI is InChI=1S/C21H15NO5S/c1-28(26,27)13-8-6-12(7-9-13)22-16-10-11-17(23)19-18(16)20(24)14-4-2-3-5-15(14)21(19)25/h2-11,22-23H,1H3. The SMILES string of the molecule is CS(=O)(=O)c1ccc(Nc2ccc(O)c3c2C(=O)c2ccccc2C3=O)cc1. The molecule has 0 atom stereocenters. The summed E-state index contributed by atoms with van der Waals surface area (Å²) in [7, 11) is -3.32. The third-order valence-electron chi connectivity index (χ3n) is 4.62. The van der Waals surface area contributed by atoms with Crippen LogP contribution >= 0.6 is 0 Å². The maximum Gasteiger partial charge on any atom is 0.198 e. The van der Waals surface area contributed by atoms with E-state index in [9.17, 15) is 23.1 Å². The minimum absolute atomic E-state index is 0.0403. The average molecular weight is 393 g/mol. The molecule has 4 rings (SSSR count). The number of carbonyl (C=O) groups is 2. The summed E-state index contributed by atoms with van der Waals surface area (Å²) in [5, 5.41) is 13.3. The van der Waals surface area contributed by atoms with Crippen molar-refractivity contribution in [2.24, 2.45) is 0 Å². The highest BCUT2D eigenvalue weighted by atomic mass is 32.2. The van der Waals surface area contributed by atoms with Gasteiger partial charge in [-0.1, -0.05) is 24.3 Å². The minimum Gasteiger partial charge on any atom is -0.507 e. The van der Waals surface area contributed by atoms with E-state index < -0.39 is 15.6 Å². The van der Waals surface area contributed by atoms with Gasteiger partial charge in [-0.3, -0.25) is 9.59 Å². The van der Waals surface area contributed by atoms with Crippen LogP contribution in [-0.2, 0) is 9.84 Å². The highest BCUT2D eigenvalue weighted by Crippen LogP contribution is 2.38. The van der Waals surface area contributed by atoms with Gasteiger partial charge in [0, 0.05) is 23.1 Å². The van der Waals surface area contributed by atoms with Crippen molar-refractivity contribution in [1.29, 1.82) is 0 Å². The van der Waals surface area contributed by atoms with Crippen molar-refractivity contribution in [3.05, 3.63) is 82.9 Å². The highest BCUT2D eigenvalue weighted by molar-refractivity contribution is 7.90. The van der Waals surface area contributed by atoms with E-state index in [2.05, 4.69) is 5.32 Å². The fourth-order valence-corrected chi connectivity index (χ4v) is 3.88. The highest BCUT2D eigenvalue weighted by Gasteiger charge is 2.33. The number of rotatable bonds is 3. The number of hydrogen-bond acceptors (Lipinski definition) is 6. The number of nitrogens with one attached hydrogen (secondary N) is 1. The second-order valence-corrected chi connectivity index (χ2v) is 8.52. The number of carbonyl (C=O) groups excluding carboxylic acids is 2. The number of aromatic hydroxyl groups is 1. The lowest BCUT2D eigenvalue weighted by molar-refractivity contribution is 0.0977. The Balaban J connectivity index is 1.81. The monoisotopic (exact) mass is 393 g/mol. The number of benzene rings is 3. The van der Waals surface area contributed by atoms with Gasteiger partial charge >= 0.3 is 0 Å². The first-order chi connectivity index (χ1) is 13.3. The van der Waals surface area contributed by atoms with Gasteiger partial charge in [0.1, 0.15) is 5.75 Å². The summed E-state index contributed by atoms with van der Waals surface area (Å²) in [6, 6.07) is 15.4. The zero-order valence-electron chi connectivity index (χ0n) is 14.8. The number of ketones is 2. The van der Waals surface area contributed by atoms with E-state index >= 15 is 0 Å². The lowest BCUT2D eigenvalue weighted by atomic mass is 9.82. The molecule has 0 saturated heterocycles. The summed E-state index contributed by atoms with van der Waals surface area (Å²) in [5.41, 5.74) is 1.48. The number of phenolic OH excluding ortho intramolecular Hbond substituents is 1. The van der Waals surface area contributed by atoms with Gasteiger partial charge in [-0.25, -0.2) is 8.42 Å². The van der Waals surface area contributed by atoms with E-state index in [1.807, 2.05) is 0 Å². The Labute approximate surface area is 161 Å². The Bertz CT molecular complexity index is 1240. The third kappa shape index (κ3) is 2.86. The zero-order chi connectivity index (χ0) is 20.1. The van der Waals surface area contributed by atoms with Gasteiger partial charge in [0.25, 0.3) is 0 Å². The van der Waals surface area contributed by atoms with E-state index in [0.29, 0.717) is 11.4 Å².